The molecule has 1 amide bonds. The van der Waals surface area contributed by atoms with Crippen molar-refractivity contribution < 1.29 is 19.0 Å². The Morgan fingerprint density at radius 3 is 2.88 bits per heavy atom. The quantitative estimate of drug-likeness (QED) is 0.911. The van der Waals surface area contributed by atoms with Gasteiger partial charge in [-0.2, -0.15) is 0 Å². The van der Waals surface area contributed by atoms with Gasteiger partial charge in [-0.15, -0.1) is 0 Å². The Morgan fingerprint density at radius 2 is 2.12 bits per heavy atom. The van der Waals surface area contributed by atoms with Crippen LogP contribution >= 0.6 is 0 Å². The number of cyclic esters (lactones) is 1. The SMILES string of the molecule is CC1(C)OC(=O)NC2CC(Oc3ncncc3C3CCOCC3)C21. The smallest absolute Gasteiger partial charge is 0.407 e. The maximum Gasteiger partial charge on any atom is 0.407 e. The van der Waals surface area contributed by atoms with Crippen molar-refractivity contribution in [3.8, 4) is 5.88 Å². The molecule has 3 aliphatic rings. The Bertz CT molecular complexity index is 630. The number of aromatic nitrogens is 2. The zero-order chi connectivity index (χ0) is 16.7. The van der Waals surface area contributed by atoms with Gasteiger partial charge in [-0.05, 0) is 32.6 Å². The van der Waals surface area contributed by atoms with Gasteiger partial charge in [-0.1, -0.05) is 0 Å². The van der Waals surface area contributed by atoms with Gasteiger partial charge in [0, 0.05) is 37.4 Å². The monoisotopic (exact) mass is 333 g/mol. The third-order valence-electron chi connectivity index (χ3n) is 5.41. The molecule has 7 heteroatoms. The third kappa shape index (κ3) is 2.70. The highest BCUT2D eigenvalue weighted by molar-refractivity contribution is 5.69. The zero-order valence-electron chi connectivity index (χ0n) is 14.0. The minimum absolute atomic E-state index is 0.0147. The first-order valence-electron chi connectivity index (χ1n) is 8.58. The highest BCUT2D eigenvalue weighted by Gasteiger charge is 2.57. The number of nitrogens with one attached hydrogen (secondary N) is 1. The maximum absolute atomic E-state index is 11.6. The molecular formula is C17H23N3O4. The van der Waals surface area contributed by atoms with Crippen LogP contribution in [0.1, 0.15) is 44.6 Å². The van der Waals surface area contributed by atoms with Crippen molar-refractivity contribution in [2.75, 3.05) is 13.2 Å². The summed E-state index contributed by atoms with van der Waals surface area (Å²) in [7, 11) is 0. The number of rotatable bonds is 3. The molecule has 2 aliphatic heterocycles. The van der Waals surface area contributed by atoms with Gasteiger partial charge in [0.25, 0.3) is 0 Å². The van der Waals surface area contributed by atoms with Crippen LogP contribution in [0.25, 0.3) is 0 Å². The van der Waals surface area contributed by atoms with Gasteiger partial charge < -0.3 is 19.5 Å². The van der Waals surface area contributed by atoms with E-state index in [-0.39, 0.29) is 24.2 Å². The number of carbonyl (C=O) groups is 1. The Labute approximate surface area is 141 Å². The lowest BCUT2D eigenvalue weighted by Gasteiger charge is -2.54. The Kier molecular flexibility index (Phi) is 3.83. The van der Waals surface area contributed by atoms with Crippen molar-refractivity contribution in [2.24, 2.45) is 5.92 Å². The first kappa shape index (κ1) is 15.6. The summed E-state index contributed by atoms with van der Waals surface area (Å²) in [5.74, 6) is 1.15. The summed E-state index contributed by atoms with van der Waals surface area (Å²) < 4.78 is 17.1. The predicted octanol–water partition coefficient (Wildman–Crippen LogP) is 2.02. The van der Waals surface area contributed by atoms with Gasteiger partial charge in [0.05, 0.1) is 5.92 Å². The van der Waals surface area contributed by atoms with Gasteiger partial charge in [-0.3, -0.25) is 0 Å². The molecule has 2 saturated heterocycles. The van der Waals surface area contributed by atoms with E-state index in [1.807, 2.05) is 20.0 Å². The van der Waals surface area contributed by atoms with Gasteiger partial charge in [0.15, 0.2) is 0 Å². The summed E-state index contributed by atoms with van der Waals surface area (Å²) in [5, 5.41) is 2.87. The number of carbonyl (C=O) groups excluding carboxylic acids is 1. The molecule has 1 aliphatic carbocycles. The van der Waals surface area contributed by atoms with Gasteiger partial charge in [0.1, 0.15) is 18.0 Å². The molecule has 0 spiro atoms. The molecule has 3 fully saturated rings. The lowest BCUT2D eigenvalue weighted by molar-refractivity contribution is -0.137. The van der Waals surface area contributed by atoms with Crippen LogP contribution in [0.2, 0.25) is 0 Å². The van der Waals surface area contributed by atoms with Crippen LogP contribution in [0.3, 0.4) is 0 Å². The lowest BCUT2D eigenvalue weighted by atomic mass is 9.67. The zero-order valence-corrected chi connectivity index (χ0v) is 14.0. The van der Waals surface area contributed by atoms with Crippen molar-refractivity contribution in [3.05, 3.63) is 18.1 Å². The van der Waals surface area contributed by atoms with Crippen molar-refractivity contribution in [2.45, 2.75) is 56.8 Å². The second kappa shape index (κ2) is 5.88. The first-order valence-corrected chi connectivity index (χ1v) is 8.58. The molecule has 1 saturated carbocycles. The van der Waals surface area contributed by atoms with Gasteiger partial charge in [0.2, 0.25) is 5.88 Å². The van der Waals surface area contributed by atoms with Crippen LogP contribution < -0.4 is 10.1 Å². The number of alkyl carbamates (subject to hydrolysis) is 1. The van der Waals surface area contributed by atoms with Gasteiger partial charge >= 0.3 is 6.09 Å². The number of hydrogen-bond donors (Lipinski definition) is 1. The summed E-state index contributed by atoms with van der Waals surface area (Å²) in [6.07, 6.45) is 5.73. The second-order valence-corrected chi connectivity index (χ2v) is 7.33. The van der Waals surface area contributed by atoms with Crippen molar-refractivity contribution in [3.63, 3.8) is 0 Å². The molecule has 3 atom stereocenters. The summed E-state index contributed by atoms with van der Waals surface area (Å²) in [6, 6.07) is 0.111. The van der Waals surface area contributed by atoms with Crippen LogP contribution in [0.4, 0.5) is 4.79 Å². The van der Waals surface area contributed by atoms with E-state index in [1.54, 1.807) is 0 Å². The first-order chi connectivity index (χ1) is 11.5. The molecule has 1 N–H and O–H groups in total. The average molecular weight is 333 g/mol. The summed E-state index contributed by atoms with van der Waals surface area (Å²) >= 11 is 0. The standard InChI is InChI=1S/C17H23N3O4/c1-17(2)14-12(20-16(21)24-17)7-13(14)23-15-11(8-18-9-19-15)10-3-5-22-6-4-10/h8-10,12-14H,3-7H2,1-2H3,(H,20,21). The number of amides is 1. The van der Waals surface area contributed by atoms with Crippen molar-refractivity contribution in [1.29, 1.82) is 0 Å². The minimum Gasteiger partial charge on any atom is -0.473 e. The van der Waals surface area contributed by atoms with E-state index in [2.05, 4.69) is 15.3 Å². The van der Waals surface area contributed by atoms with E-state index in [9.17, 15) is 4.79 Å². The fraction of sp³-hybridized carbons (Fsp3) is 0.706. The number of nitrogens with zero attached hydrogens (tertiary/aromatic N) is 2. The van der Waals surface area contributed by atoms with Crippen LogP contribution in [-0.2, 0) is 9.47 Å². The van der Waals surface area contributed by atoms with Crippen molar-refractivity contribution in [1.82, 2.24) is 15.3 Å². The van der Waals surface area contributed by atoms with E-state index < -0.39 is 5.60 Å². The molecule has 130 valence electrons. The molecule has 0 aromatic carbocycles. The molecule has 4 rings (SSSR count). The van der Waals surface area contributed by atoms with Crippen LogP contribution in [0, 0.1) is 5.92 Å². The van der Waals surface area contributed by atoms with E-state index >= 15 is 0 Å². The highest BCUT2D eigenvalue weighted by Crippen LogP contribution is 2.44. The molecule has 1 aromatic rings. The Morgan fingerprint density at radius 1 is 1.33 bits per heavy atom. The van der Waals surface area contributed by atoms with Gasteiger partial charge in [-0.25, -0.2) is 14.8 Å². The summed E-state index contributed by atoms with van der Waals surface area (Å²) in [4.78, 5) is 20.1. The predicted molar refractivity (Wildman–Crippen MR) is 84.8 cm³/mol. The maximum atomic E-state index is 11.6. The van der Waals surface area contributed by atoms with E-state index in [0.29, 0.717) is 11.8 Å². The van der Waals surface area contributed by atoms with E-state index in [1.165, 1.54) is 6.33 Å². The largest absolute Gasteiger partial charge is 0.473 e. The third-order valence-corrected chi connectivity index (χ3v) is 5.41. The molecule has 0 bridgehead atoms. The Hall–Kier alpha value is -1.89. The lowest BCUT2D eigenvalue weighted by Crippen LogP contribution is -2.69. The minimum atomic E-state index is -0.540. The number of ether oxygens (including phenoxy) is 3. The fourth-order valence-electron chi connectivity index (χ4n) is 4.16. The summed E-state index contributed by atoms with van der Waals surface area (Å²) in [6.45, 7) is 5.41. The topological polar surface area (TPSA) is 82.6 Å². The molecule has 7 nitrogen and oxygen atoms in total. The van der Waals surface area contributed by atoms with Crippen LogP contribution in [0.15, 0.2) is 12.5 Å². The molecule has 24 heavy (non-hydrogen) atoms. The molecule has 3 unspecified atom stereocenters. The number of fused-ring (bicyclic) bond motifs is 1. The molecule has 0 radical (unpaired) electrons. The fourth-order valence-corrected chi connectivity index (χ4v) is 4.16. The molecule has 1 aromatic heterocycles. The normalized spacial score (nSPS) is 32.1. The van der Waals surface area contributed by atoms with Crippen molar-refractivity contribution >= 4 is 6.09 Å². The second-order valence-electron chi connectivity index (χ2n) is 7.33. The molecule has 3 heterocycles. The average Bonchev–Trinajstić information content (AvgIpc) is 2.52. The van der Waals surface area contributed by atoms with Crippen LogP contribution in [0.5, 0.6) is 5.88 Å². The summed E-state index contributed by atoms with van der Waals surface area (Å²) in [5.41, 5.74) is 0.518. The van der Waals surface area contributed by atoms with E-state index in [0.717, 1.165) is 38.0 Å². The van der Waals surface area contributed by atoms with E-state index in [4.69, 9.17) is 14.2 Å². The molecular weight excluding hydrogens is 310 g/mol. The Balaban J connectivity index is 1.51. The number of hydrogen-bond acceptors (Lipinski definition) is 6. The van der Waals surface area contributed by atoms with Crippen LogP contribution in [-0.4, -0.2) is 47.0 Å². The highest BCUT2D eigenvalue weighted by atomic mass is 16.6.